The minimum atomic E-state index is 0.870. The second-order valence-corrected chi connectivity index (χ2v) is 6.64. The highest BCUT2D eigenvalue weighted by molar-refractivity contribution is 6.10. The first kappa shape index (κ1) is 17.4. The van der Waals surface area contributed by atoms with Crippen molar-refractivity contribution in [3.63, 3.8) is 0 Å². The highest BCUT2D eigenvalue weighted by atomic mass is 14.7. The number of pyridine rings is 2. The minimum absolute atomic E-state index is 0.870. The van der Waals surface area contributed by atoms with E-state index in [1.165, 1.54) is 44.1 Å². The summed E-state index contributed by atoms with van der Waals surface area (Å²) in [5, 5.41) is 2.17. The lowest BCUT2D eigenvalue weighted by molar-refractivity contribution is 0.598. The summed E-state index contributed by atoms with van der Waals surface area (Å²) in [6.07, 6.45) is 15.4. The van der Waals surface area contributed by atoms with Gasteiger partial charge in [0.15, 0.2) is 0 Å². The molecule has 0 aliphatic heterocycles. The Morgan fingerprint density at radius 1 is 0.840 bits per heavy atom. The fourth-order valence-electron chi connectivity index (χ4n) is 3.52. The second-order valence-electron chi connectivity index (χ2n) is 6.64. The Balaban J connectivity index is 1.72. The van der Waals surface area contributed by atoms with E-state index in [1.54, 1.807) is 0 Å². The van der Waals surface area contributed by atoms with Gasteiger partial charge >= 0.3 is 0 Å². The van der Waals surface area contributed by atoms with Crippen LogP contribution in [0.3, 0.4) is 0 Å². The molecule has 0 saturated heterocycles. The fourth-order valence-corrected chi connectivity index (χ4v) is 3.52. The number of benzene rings is 1. The van der Waals surface area contributed by atoms with Crippen LogP contribution in [0.2, 0.25) is 0 Å². The molecule has 25 heavy (non-hydrogen) atoms. The fraction of sp³-hybridized carbons (Fsp3) is 0.364. The third-order valence-corrected chi connectivity index (χ3v) is 4.87. The van der Waals surface area contributed by atoms with Gasteiger partial charge in [0, 0.05) is 28.9 Å². The predicted octanol–water partition coefficient (Wildman–Crippen LogP) is 5.82. The number of anilines is 1. The molecule has 0 fully saturated rings. The van der Waals surface area contributed by atoms with E-state index in [-0.39, 0.29) is 0 Å². The zero-order valence-corrected chi connectivity index (χ0v) is 14.9. The minimum Gasteiger partial charge on any atom is -0.398 e. The van der Waals surface area contributed by atoms with E-state index < -0.39 is 0 Å². The molecule has 0 radical (unpaired) electrons. The van der Waals surface area contributed by atoms with Crippen molar-refractivity contribution in [1.29, 1.82) is 0 Å². The number of nitrogens with zero attached hydrogens (tertiary/aromatic N) is 2. The largest absolute Gasteiger partial charge is 0.398 e. The first-order valence-corrected chi connectivity index (χ1v) is 9.33. The van der Waals surface area contributed by atoms with Gasteiger partial charge in [-0.3, -0.25) is 9.97 Å². The van der Waals surface area contributed by atoms with E-state index >= 15 is 0 Å². The molecule has 0 amide bonds. The maximum Gasteiger partial charge on any atom is 0.0985 e. The van der Waals surface area contributed by atoms with E-state index in [1.807, 2.05) is 30.6 Å². The standard InChI is InChI=1S/C22H27N3/c1-2-3-4-5-6-7-8-9-12-17-18-13-10-15-24-21(18)22-19(20(17)23)14-11-16-25-22/h2,10-11,13-16H,1,3-9,12,23H2. The molecule has 3 nitrogen and oxygen atoms in total. The molecule has 0 aliphatic rings. The topological polar surface area (TPSA) is 51.8 Å². The van der Waals surface area contributed by atoms with Gasteiger partial charge in [-0.2, -0.15) is 0 Å². The molecule has 2 heterocycles. The summed E-state index contributed by atoms with van der Waals surface area (Å²) in [7, 11) is 0. The Hall–Kier alpha value is -2.42. The number of nitrogen functional groups attached to an aromatic ring is 1. The Kier molecular flexibility index (Phi) is 5.99. The van der Waals surface area contributed by atoms with Gasteiger partial charge in [-0.15, -0.1) is 6.58 Å². The molecule has 3 aromatic rings. The number of allylic oxidation sites excluding steroid dienone is 1. The number of hydrogen-bond acceptors (Lipinski definition) is 3. The van der Waals surface area contributed by atoms with Crippen LogP contribution in [0, 0.1) is 0 Å². The predicted molar refractivity (Wildman–Crippen MR) is 108 cm³/mol. The summed E-state index contributed by atoms with van der Waals surface area (Å²) in [4.78, 5) is 9.08. The molecule has 130 valence electrons. The Morgan fingerprint density at radius 3 is 2.16 bits per heavy atom. The maximum atomic E-state index is 6.50. The molecule has 2 aromatic heterocycles. The lowest BCUT2D eigenvalue weighted by Crippen LogP contribution is -2.00. The molecule has 0 unspecified atom stereocenters. The van der Waals surface area contributed by atoms with Crippen LogP contribution in [0.1, 0.15) is 50.5 Å². The molecule has 1 aromatic carbocycles. The normalized spacial score (nSPS) is 11.2. The van der Waals surface area contributed by atoms with Crippen LogP contribution in [-0.4, -0.2) is 9.97 Å². The number of aryl methyl sites for hydroxylation is 1. The van der Waals surface area contributed by atoms with Crippen LogP contribution in [0.25, 0.3) is 21.8 Å². The molecular formula is C22H27N3. The average molecular weight is 333 g/mol. The Labute approximate surface area is 150 Å². The van der Waals surface area contributed by atoms with E-state index in [2.05, 4.69) is 28.7 Å². The summed E-state index contributed by atoms with van der Waals surface area (Å²) in [5.41, 5.74) is 10.5. The number of fused-ring (bicyclic) bond motifs is 3. The zero-order valence-electron chi connectivity index (χ0n) is 14.9. The van der Waals surface area contributed by atoms with Crippen molar-refractivity contribution >= 4 is 27.5 Å². The molecule has 0 saturated carbocycles. The van der Waals surface area contributed by atoms with Gasteiger partial charge in [-0.25, -0.2) is 0 Å². The smallest absolute Gasteiger partial charge is 0.0985 e. The lowest BCUT2D eigenvalue weighted by Gasteiger charge is -2.13. The highest BCUT2D eigenvalue weighted by Gasteiger charge is 2.13. The van der Waals surface area contributed by atoms with Gasteiger partial charge in [-0.1, -0.05) is 37.8 Å². The highest BCUT2D eigenvalue weighted by Crippen LogP contribution is 2.33. The van der Waals surface area contributed by atoms with Crippen molar-refractivity contribution < 1.29 is 0 Å². The van der Waals surface area contributed by atoms with Crippen molar-refractivity contribution in [3.05, 3.63) is 54.9 Å². The van der Waals surface area contributed by atoms with E-state index in [0.717, 1.165) is 40.3 Å². The average Bonchev–Trinajstić information content (AvgIpc) is 2.66. The van der Waals surface area contributed by atoms with Gasteiger partial charge < -0.3 is 5.73 Å². The number of hydrogen-bond donors (Lipinski definition) is 1. The number of unbranched alkanes of at least 4 members (excludes halogenated alkanes) is 6. The van der Waals surface area contributed by atoms with Crippen LogP contribution in [0.5, 0.6) is 0 Å². The third-order valence-electron chi connectivity index (χ3n) is 4.87. The first-order chi connectivity index (χ1) is 12.3. The molecular weight excluding hydrogens is 306 g/mol. The van der Waals surface area contributed by atoms with Gasteiger partial charge in [0.1, 0.15) is 0 Å². The van der Waals surface area contributed by atoms with Gasteiger partial charge in [0.25, 0.3) is 0 Å². The van der Waals surface area contributed by atoms with Crippen LogP contribution in [0.15, 0.2) is 49.3 Å². The molecule has 0 atom stereocenters. The molecule has 0 aliphatic carbocycles. The van der Waals surface area contributed by atoms with E-state index in [9.17, 15) is 0 Å². The van der Waals surface area contributed by atoms with Crippen LogP contribution in [0.4, 0.5) is 5.69 Å². The van der Waals surface area contributed by atoms with Gasteiger partial charge in [0.05, 0.1) is 11.0 Å². The number of rotatable bonds is 9. The Morgan fingerprint density at radius 2 is 1.44 bits per heavy atom. The quantitative estimate of drug-likeness (QED) is 0.232. The molecule has 3 rings (SSSR count). The second kappa shape index (κ2) is 8.61. The van der Waals surface area contributed by atoms with Crippen molar-refractivity contribution in [2.75, 3.05) is 5.73 Å². The van der Waals surface area contributed by atoms with Crippen LogP contribution in [-0.2, 0) is 6.42 Å². The lowest BCUT2D eigenvalue weighted by atomic mass is 9.96. The molecule has 3 heteroatoms. The van der Waals surface area contributed by atoms with Crippen molar-refractivity contribution in [2.45, 2.75) is 51.4 Å². The van der Waals surface area contributed by atoms with Gasteiger partial charge in [-0.05, 0) is 49.4 Å². The number of aromatic nitrogens is 2. The zero-order chi connectivity index (χ0) is 17.5. The summed E-state index contributed by atoms with van der Waals surface area (Å²) in [6, 6.07) is 8.10. The van der Waals surface area contributed by atoms with Crippen LogP contribution >= 0.6 is 0 Å². The molecule has 0 spiro atoms. The summed E-state index contributed by atoms with van der Waals surface area (Å²) in [6.45, 7) is 3.77. The van der Waals surface area contributed by atoms with Crippen molar-refractivity contribution in [1.82, 2.24) is 9.97 Å². The van der Waals surface area contributed by atoms with Crippen LogP contribution < -0.4 is 5.73 Å². The first-order valence-electron chi connectivity index (χ1n) is 9.33. The maximum absolute atomic E-state index is 6.50. The Bertz CT molecular complexity index is 854. The summed E-state index contributed by atoms with van der Waals surface area (Å²) >= 11 is 0. The van der Waals surface area contributed by atoms with Crippen molar-refractivity contribution in [2.24, 2.45) is 0 Å². The van der Waals surface area contributed by atoms with Gasteiger partial charge in [0.2, 0.25) is 0 Å². The SMILES string of the molecule is C=CCCCCCCCCc1c(N)c2cccnc2c2ncccc12. The van der Waals surface area contributed by atoms with Crippen molar-refractivity contribution in [3.8, 4) is 0 Å². The van der Waals surface area contributed by atoms with E-state index in [0.29, 0.717) is 0 Å². The molecule has 0 bridgehead atoms. The third kappa shape index (κ3) is 3.98. The monoisotopic (exact) mass is 333 g/mol. The number of nitrogens with two attached hydrogens (primary N) is 1. The van der Waals surface area contributed by atoms with E-state index in [4.69, 9.17) is 5.73 Å². The summed E-state index contributed by atoms with van der Waals surface area (Å²) in [5.74, 6) is 0. The summed E-state index contributed by atoms with van der Waals surface area (Å²) < 4.78 is 0. The molecule has 2 N–H and O–H groups in total.